The van der Waals surface area contributed by atoms with Crippen molar-refractivity contribution in [3.8, 4) is 0 Å². The van der Waals surface area contributed by atoms with Gasteiger partial charge in [-0.2, -0.15) is 0 Å². The van der Waals surface area contributed by atoms with Gasteiger partial charge in [0.2, 0.25) is 5.91 Å². The number of carbonyl (C=O) groups excluding carboxylic acids is 1. The molecule has 1 amide bonds. The molecule has 166 valence electrons. The van der Waals surface area contributed by atoms with Gasteiger partial charge in [0.1, 0.15) is 11.8 Å². The molecule has 4 rings (SSSR count). The Morgan fingerprint density at radius 3 is 2.53 bits per heavy atom. The van der Waals surface area contributed by atoms with Crippen LogP contribution in [-0.2, 0) is 4.79 Å². The maximum Gasteiger partial charge on any atom is 0.237 e. The number of carbonyl (C=O) groups is 1. The Bertz CT molecular complexity index is 700. The fraction of sp³-hybridized carbons (Fsp3) is 0.792. The van der Waals surface area contributed by atoms with Gasteiger partial charge in [0.05, 0.1) is 12.1 Å². The van der Waals surface area contributed by atoms with E-state index in [2.05, 4.69) is 30.1 Å². The second-order valence-electron chi connectivity index (χ2n) is 9.67. The number of amides is 1. The molecule has 1 saturated heterocycles. The van der Waals surface area contributed by atoms with Gasteiger partial charge < -0.3 is 14.9 Å². The summed E-state index contributed by atoms with van der Waals surface area (Å²) in [7, 11) is 2.15. The summed E-state index contributed by atoms with van der Waals surface area (Å²) in [5.74, 6) is 1.24. The average Bonchev–Trinajstić information content (AvgIpc) is 2.76. The predicted octanol–water partition coefficient (Wildman–Crippen LogP) is 3.41. The van der Waals surface area contributed by atoms with Gasteiger partial charge in [-0.15, -0.1) is 0 Å². The van der Waals surface area contributed by atoms with Crippen molar-refractivity contribution >= 4 is 18.0 Å². The van der Waals surface area contributed by atoms with Gasteiger partial charge in [-0.25, -0.2) is 4.99 Å². The first kappa shape index (κ1) is 21.7. The first-order valence-electron chi connectivity index (χ1n) is 12.1. The molecular weight excluding hydrogens is 376 g/mol. The maximum atomic E-state index is 13.5. The summed E-state index contributed by atoms with van der Waals surface area (Å²) in [5.41, 5.74) is 1.31. The Hall–Kier alpha value is -1.53. The molecule has 6 heteroatoms. The number of likely N-dealkylation sites (tertiary alicyclic amines) is 1. The van der Waals surface area contributed by atoms with Crippen molar-refractivity contribution in [2.45, 2.75) is 89.3 Å². The molecule has 0 spiro atoms. The summed E-state index contributed by atoms with van der Waals surface area (Å²) >= 11 is 0. The fourth-order valence-electron chi connectivity index (χ4n) is 5.45. The Labute approximate surface area is 181 Å². The Kier molecular flexibility index (Phi) is 7.04. The van der Waals surface area contributed by atoms with Crippen LogP contribution in [0.4, 0.5) is 0 Å². The van der Waals surface area contributed by atoms with E-state index in [9.17, 15) is 9.90 Å². The summed E-state index contributed by atoms with van der Waals surface area (Å²) in [6.07, 6.45) is 14.0. The second-order valence-corrected chi connectivity index (χ2v) is 9.67. The quantitative estimate of drug-likeness (QED) is 0.677. The smallest absolute Gasteiger partial charge is 0.237 e. The van der Waals surface area contributed by atoms with Gasteiger partial charge in [0, 0.05) is 24.9 Å². The summed E-state index contributed by atoms with van der Waals surface area (Å²) in [6, 6.07) is 0.191. The van der Waals surface area contributed by atoms with Crippen LogP contribution >= 0.6 is 0 Å². The van der Waals surface area contributed by atoms with Crippen LogP contribution in [0.1, 0.15) is 71.1 Å². The highest BCUT2D eigenvalue weighted by Gasteiger charge is 2.43. The van der Waals surface area contributed by atoms with Crippen LogP contribution in [-0.4, -0.2) is 71.2 Å². The van der Waals surface area contributed by atoms with E-state index in [0.717, 1.165) is 70.3 Å². The minimum Gasteiger partial charge on any atom is -0.393 e. The number of hydrogen-bond donors (Lipinski definition) is 1. The highest BCUT2D eigenvalue weighted by Crippen LogP contribution is 2.39. The lowest BCUT2D eigenvalue weighted by molar-refractivity contribution is -0.134. The number of fused-ring (bicyclic) bond motifs is 1. The molecule has 2 unspecified atom stereocenters. The molecule has 2 fully saturated rings. The minimum atomic E-state index is -0.258. The van der Waals surface area contributed by atoms with Gasteiger partial charge in [-0.3, -0.25) is 9.79 Å². The number of hydrogen-bond acceptors (Lipinski definition) is 5. The van der Waals surface area contributed by atoms with Gasteiger partial charge in [-0.05, 0) is 76.6 Å². The Morgan fingerprint density at radius 2 is 1.83 bits per heavy atom. The molecule has 3 aliphatic heterocycles. The van der Waals surface area contributed by atoms with Crippen molar-refractivity contribution in [1.82, 2.24) is 9.80 Å². The number of unbranched alkanes of at least 4 members (excludes halogenated alkanes) is 2. The SMILES string of the molecule is CCCCCC1=NC2C(C3CCC(O)CC3)=CN(C3CCN(C)CC3)C(=O)C2C=N1. The van der Waals surface area contributed by atoms with Crippen molar-refractivity contribution in [2.24, 2.45) is 21.8 Å². The number of aliphatic hydroxyl groups excluding tert-OH is 1. The van der Waals surface area contributed by atoms with E-state index in [1.165, 1.54) is 18.4 Å². The van der Waals surface area contributed by atoms with Gasteiger partial charge in [-0.1, -0.05) is 19.8 Å². The molecule has 2 atom stereocenters. The molecule has 3 heterocycles. The summed E-state index contributed by atoms with van der Waals surface area (Å²) in [6.45, 7) is 4.28. The summed E-state index contributed by atoms with van der Waals surface area (Å²) < 4.78 is 0. The molecule has 30 heavy (non-hydrogen) atoms. The first-order valence-corrected chi connectivity index (χ1v) is 12.1. The number of aliphatic imine (C=N–C) groups is 2. The molecule has 0 radical (unpaired) electrons. The largest absolute Gasteiger partial charge is 0.393 e. The molecule has 1 aliphatic carbocycles. The summed E-state index contributed by atoms with van der Waals surface area (Å²) in [4.78, 5) is 27.5. The number of nitrogens with zero attached hydrogens (tertiary/aromatic N) is 4. The molecule has 6 nitrogen and oxygen atoms in total. The van der Waals surface area contributed by atoms with E-state index in [0.29, 0.717) is 5.92 Å². The zero-order valence-corrected chi connectivity index (χ0v) is 18.7. The molecule has 0 aromatic rings. The van der Waals surface area contributed by atoms with E-state index in [1.807, 2.05) is 11.1 Å². The lowest BCUT2D eigenvalue weighted by Crippen LogP contribution is -2.52. The number of rotatable bonds is 6. The van der Waals surface area contributed by atoms with Crippen LogP contribution in [0.15, 0.2) is 21.8 Å². The van der Waals surface area contributed by atoms with Crippen molar-refractivity contribution < 1.29 is 9.90 Å². The Balaban J connectivity index is 1.59. The number of aliphatic hydroxyl groups is 1. The number of piperidine rings is 1. The Morgan fingerprint density at radius 1 is 1.10 bits per heavy atom. The standard InChI is InChI=1S/C24H38N4O2/c1-3-4-5-6-22-25-15-20-23(26-22)21(17-7-9-19(29)10-8-17)16-28(24(20)30)18-11-13-27(2)14-12-18/h15-20,23,29H,3-14H2,1-2H3. The first-order chi connectivity index (χ1) is 14.6. The van der Waals surface area contributed by atoms with E-state index in [4.69, 9.17) is 4.99 Å². The molecule has 1 N–H and O–H groups in total. The molecule has 0 bridgehead atoms. The van der Waals surface area contributed by atoms with Crippen molar-refractivity contribution in [3.05, 3.63) is 11.8 Å². The predicted molar refractivity (Wildman–Crippen MR) is 121 cm³/mol. The van der Waals surface area contributed by atoms with E-state index in [1.54, 1.807) is 0 Å². The van der Waals surface area contributed by atoms with Crippen LogP contribution in [0.25, 0.3) is 0 Å². The minimum absolute atomic E-state index is 0.0885. The lowest BCUT2D eigenvalue weighted by atomic mass is 9.75. The van der Waals surface area contributed by atoms with Crippen LogP contribution in [0.2, 0.25) is 0 Å². The molecule has 4 aliphatic rings. The highest BCUT2D eigenvalue weighted by molar-refractivity contribution is 6.03. The topological polar surface area (TPSA) is 68.5 Å². The number of amidine groups is 1. The molecule has 0 aromatic heterocycles. The molecule has 0 aromatic carbocycles. The fourth-order valence-corrected chi connectivity index (χ4v) is 5.45. The third-order valence-corrected chi connectivity index (χ3v) is 7.44. The van der Waals surface area contributed by atoms with Crippen LogP contribution in [0.5, 0.6) is 0 Å². The van der Waals surface area contributed by atoms with Crippen LogP contribution in [0, 0.1) is 11.8 Å². The maximum absolute atomic E-state index is 13.5. The van der Waals surface area contributed by atoms with Crippen molar-refractivity contribution in [1.29, 1.82) is 0 Å². The van der Waals surface area contributed by atoms with E-state index >= 15 is 0 Å². The molecule has 1 saturated carbocycles. The zero-order chi connectivity index (χ0) is 21.1. The second kappa shape index (κ2) is 9.73. The average molecular weight is 415 g/mol. The normalized spacial score (nSPS) is 33.3. The monoisotopic (exact) mass is 414 g/mol. The van der Waals surface area contributed by atoms with Gasteiger partial charge in [0.25, 0.3) is 0 Å². The zero-order valence-electron chi connectivity index (χ0n) is 18.7. The van der Waals surface area contributed by atoms with Gasteiger partial charge >= 0.3 is 0 Å². The van der Waals surface area contributed by atoms with E-state index < -0.39 is 0 Å². The van der Waals surface area contributed by atoms with Gasteiger partial charge in [0.15, 0.2) is 0 Å². The van der Waals surface area contributed by atoms with E-state index in [-0.39, 0.29) is 30.0 Å². The molecular formula is C24H38N4O2. The van der Waals surface area contributed by atoms with Crippen LogP contribution in [0.3, 0.4) is 0 Å². The van der Waals surface area contributed by atoms with Crippen LogP contribution < -0.4 is 0 Å². The highest BCUT2D eigenvalue weighted by atomic mass is 16.3. The summed E-state index contributed by atoms with van der Waals surface area (Å²) in [5, 5.41) is 10.0. The van der Waals surface area contributed by atoms with Crippen molar-refractivity contribution in [2.75, 3.05) is 20.1 Å². The lowest BCUT2D eigenvalue weighted by Gasteiger charge is -2.44. The third kappa shape index (κ3) is 4.70. The third-order valence-electron chi connectivity index (χ3n) is 7.44. The van der Waals surface area contributed by atoms with Crippen molar-refractivity contribution in [3.63, 3.8) is 0 Å².